The van der Waals surface area contributed by atoms with Crippen LogP contribution in [0, 0.1) is 0 Å². The van der Waals surface area contributed by atoms with E-state index in [4.69, 9.17) is 4.42 Å². The van der Waals surface area contributed by atoms with Gasteiger partial charge in [-0.05, 0) is 18.2 Å². The predicted molar refractivity (Wildman–Crippen MR) is 97.0 cm³/mol. The minimum absolute atomic E-state index is 0.607. The van der Waals surface area contributed by atoms with Crippen molar-refractivity contribution in [3.05, 3.63) is 59.1 Å². The zero-order valence-corrected chi connectivity index (χ0v) is 14.6. The van der Waals surface area contributed by atoms with Crippen molar-refractivity contribution < 1.29 is 4.42 Å². The van der Waals surface area contributed by atoms with Gasteiger partial charge in [-0.25, -0.2) is 0 Å². The molecule has 0 saturated carbocycles. The molecule has 0 unspecified atom stereocenters. The summed E-state index contributed by atoms with van der Waals surface area (Å²) < 4.78 is 8.62. The van der Waals surface area contributed by atoms with Crippen LogP contribution >= 0.6 is 27.3 Å². The van der Waals surface area contributed by atoms with Crippen LogP contribution in [0.2, 0.25) is 0 Å². The highest BCUT2D eigenvalue weighted by Crippen LogP contribution is 2.33. The van der Waals surface area contributed by atoms with Crippen LogP contribution in [-0.4, -0.2) is 19.8 Å². The Morgan fingerprint density at radius 3 is 2.71 bits per heavy atom. The molecule has 5 aromatic rings. The number of fused-ring (bicyclic) bond motifs is 2. The fourth-order valence-corrected chi connectivity index (χ4v) is 4.09. The molecule has 0 radical (unpaired) electrons. The van der Waals surface area contributed by atoms with Crippen molar-refractivity contribution >= 4 is 43.2 Å². The molecule has 2 aromatic carbocycles. The van der Waals surface area contributed by atoms with Crippen molar-refractivity contribution in [2.45, 2.75) is 0 Å². The quantitative estimate of drug-likeness (QED) is 0.419. The summed E-state index contributed by atoms with van der Waals surface area (Å²) in [5.41, 5.74) is 1.86. The van der Waals surface area contributed by atoms with E-state index in [2.05, 4.69) is 31.2 Å². The molecular formula is C17H9BrN4OS. The van der Waals surface area contributed by atoms with E-state index < -0.39 is 0 Å². The van der Waals surface area contributed by atoms with Gasteiger partial charge in [-0.2, -0.15) is 9.61 Å². The summed E-state index contributed by atoms with van der Waals surface area (Å²) in [5.74, 6) is 1.27. The molecule has 0 N–H and O–H groups in total. The average molecular weight is 397 g/mol. The molecule has 0 bridgehead atoms. The Morgan fingerprint density at radius 1 is 1.00 bits per heavy atom. The Morgan fingerprint density at radius 2 is 1.83 bits per heavy atom. The molecule has 0 aliphatic carbocycles. The molecule has 116 valence electrons. The standard InChI is InChI=1S/C17H9BrN4OS/c18-12-7-3-2-6-11(12)16-21-22-15(19-20-17(22)24-16)14-9-10-5-1-4-8-13(10)23-14/h1-9H. The van der Waals surface area contributed by atoms with Crippen LogP contribution in [0.5, 0.6) is 0 Å². The lowest BCUT2D eigenvalue weighted by Crippen LogP contribution is -1.89. The second-order valence-corrected chi connectivity index (χ2v) is 7.06. The summed E-state index contributed by atoms with van der Waals surface area (Å²) in [6.45, 7) is 0. The summed E-state index contributed by atoms with van der Waals surface area (Å²) in [4.78, 5) is 0.733. The van der Waals surface area contributed by atoms with Crippen LogP contribution in [-0.2, 0) is 0 Å². The third-order valence-corrected chi connectivity index (χ3v) is 5.36. The SMILES string of the molecule is Brc1ccccc1-c1nn2c(-c3cc4ccccc4o3)nnc2s1. The van der Waals surface area contributed by atoms with Crippen LogP contribution in [0.1, 0.15) is 0 Å². The molecule has 24 heavy (non-hydrogen) atoms. The van der Waals surface area contributed by atoms with E-state index in [9.17, 15) is 0 Å². The van der Waals surface area contributed by atoms with Crippen molar-refractivity contribution in [3.8, 4) is 22.2 Å². The van der Waals surface area contributed by atoms with Gasteiger partial charge >= 0.3 is 0 Å². The van der Waals surface area contributed by atoms with Crippen molar-refractivity contribution in [2.75, 3.05) is 0 Å². The molecular weight excluding hydrogens is 388 g/mol. The summed E-state index contributed by atoms with van der Waals surface area (Å²) in [6, 6.07) is 17.8. The number of halogens is 1. The average Bonchev–Trinajstić information content (AvgIpc) is 3.28. The van der Waals surface area contributed by atoms with Crippen molar-refractivity contribution in [3.63, 3.8) is 0 Å². The Kier molecular flexibility index (Phi) is 3.04. The molecule has 3 aromatic heterocycles. The number of para-hydroxylation sites is 1. The second-order valence-electron chi connectivity index (χ2n) is 5.25. The molecule has 7 heteroatoms. The first kappa shape index (κ1) is 13.9. The van der Waals surface area contributed by atoms with E-state index >= 15 is 0 Å². The van der Waals surface area contributed by atoms with E-state index in [0.29, 0.717) is 11.6 Å². The fraction of sp³-hybridized carbons (Fsp3) is 0. The molecule has 5 rings (SSSR count). The molecule has 0 aliphatic rings. The normalized spacial score (nSPS) is 11.5. The van der Waals surface area contributed by atoms with Crippen molar-refractivity contribution in [1.29, 1.82) is 0 Å². The number of aromatic nitrogens is 4. The minimum Gasteiger partial charge on any atom is -0.453 e. The Bertz CT molecular complexity index is 1160. The topological polar surface area (TPSA) is 56.2 Å². The highest BCUT2D eigenvalue weighted by atomic mass is 79.9. The Balaban J connectivity index is 1.69. The minimum atomic E-state index is 0.607. The number of hydrogen-bond acceptors (Lipinski definition) is 5. The molecule has 0 atom stereocenters. The fourth-order valence-electron chi connectivity index (χ4n) is 2.61. The summed E-state index contributed by atoms with van der Waals surface area (Å²) >= 11 is 5.06. The van der Waals surface area contributed by atoms with Gasteiger partial charge in [0.25, 0.3) is 0 Å². The lowest BCUT2D eigenvalue weighted by molar-refractivity contribution is 0.622. The number of furan rings is 1. The van der Waals surface area contributed by atoms with Crippen LogP contribution in [0.3, 0.4) is 0 Å². The van der Waals surface area contributed by atoms with Gasteiger partial charge in [0.15, 0.2) is 5.76 Å². The highest BCUT2D eigenvalue weighted by molar-refractivity contribution is 9.10. The van der Waals surface area contributed by atoms with Crippen molar-refractivity contribution in [2.24, 2.45) is 0 Å². The maximum absolute atomic E-state index is 5.89. The molecule has 0 saturated heterocycles. The third kappa shape index (κ3) is 2.09. The van der Waals surface area contributed by atoms with E-state index in [-0.39, 0.29) is 0 Å². The van der Waals surface area contributed by atoms with Gasteiger partial charge in [0, 0.05) is 15.4 Å². The monoisotopic (exact) mass is 396 g/mol. The largest absolute Gasteiger partial charge is 0.453 e. The number of benzene rings is 2. The van der Waals surface area contributed by atoms with Gasteiger partial charge < -0.3 is 4.42 Å². The van der Waals surface area contributed by atoms with E-state index in [0.717, 1.165) is 31.0 Å². The van der Waals surface area contributed by atoms with E-state index in [1.165, 1.54) is 11.3 Å². The molecule has 0 amide bonds. The lowest BCUT2D eigenvalue weighted by atomic mass is 10.2. The first-order valence-corrected chi connectivity index (χ1v) is 8.87. The molecule has 3 heterocycles. The van der Waals surface area contributed by atoms with Gasteiger partial charge in [-0.15, -0.1) is 10.2 Å². The number of rotatable bonds is 2. The highest BCUT2D eigenvalue weighted by Gasteiger charge is 2.18. The van der Waals surface area contributed by atoms with E-state index in [1.54, 1.807) is 4.52 Å². The molecule has 0 spiro atoms. The smallest absolute Gasteiger partial charge is 0.235 e. The second kappa shape index (κ2) is 5.25. The third-order valence-electron chi connectivity index (χ3n) is 3.74. The number of hydrogen-bond donors (Lipinski definition) is 0. The van der Waals surface area contributed by atoms with Crippen LogP contribution < -0.4 is 0 Å². The zero-order chi connectivity index (χ0) is 16.1. The number of nitrogens with zero attached hydrogens (tertiary/aromatic N) is 4. The van der Waals surface area contributed by atoms with Gasteiger partial charge in [-0.3, -0.25) is 0 Å². The Hall–Kier alpha value is -2.51. The van der Waals surface area contributed by atoms with Gasteiger partial charge in [-0.1, -0.05) is 63.7 Å². The first-order chi connectivity index (χ1) is 11.8. The van der Waals surface area contributed by atoms with Gasteiger partial charge in [0.2, 0.25) is 10.8 Å². The molecule has 0 fully saturated rings. The maximum atomic E-state index is 5.89. The van der Waals surface area contributed by atoms with E-state index in [1.807, 2.05) is 54.6 Å². The van der Waals surface area contributed by atoms with Crippen molar-refractivity contribution in [1.82, 2.24) is 19.8 Å². The summed E-state index contributed by atoms with van der Waals surface area (Å²) in [5, 5.41) is 15.1. The Labute approximate surface area is 148 Å². The van der Waals surface area contributed by atoms with Crippen LogP contribution in [0.25, 0.3) is 38.1 Å². The van der Waals surface area contributed by atoms with Gasteiger partial charge in [0.05, 0.1) is 0 Å². The first-order valence-electron chi connectivity index (χ1n) is 7.26. The summed E-state index contributed by atoms with van der Waals surface area (Å²) in [7, 11) is 0. The predicted octanol–water partition coefficient (Wildman–Crippen LogP) is 5.03. The molecule has 5 nitrogen and oxygen atoms in total. The zero-order valence-electron chi connectivity index (χ0n) is 12.2. The maximum Gasteiger partial charge on any atom is 0.235 e. The van der Waals surface area contributed by atoms with Crippen LogP contribution in [0.15, 0.2) is 63.5 Å². The van der Waals surface area contributed by atoms with Crippen LogP contribution in [0.4, 0.5) is 0 Å². The molecule has 0 aliphatic heterocycles. The van der Waals surface area contributed by atoms with Gasteiger partial charge in [0.1, 0.15) is 10.6 Å². The summed E-state index contributed by atoms with van der Waals surface area (Å²) in [6.07, 6.45) is 0. The lowest BCUT2D eigenvalue weighted by Gasteiger charge is -1.97.